The largest absolute Gasteiger partial charge is 0.496 e. The van der Waals surface area contributed by atoms with E-state index in [0.29, 0.717) is 16.5 Å². The summed E-state index contributed by atoms with van der Waals surface area (Å²) in [6.07, 6.45) is 0.176. The third-order valence-electron chi connectivity index (χ3n) is 4.14. The van der Waals surface area contributed by atoms with E-state index in [1.165, 1.54) is 31.3 Å². The first kappa shape index (κ1) is 22.1. The molecule has 2 rings (SSSR count). The zero-order valence-electron chi connectivity index (χ0n) is 16.4. The predicted octanol–water partition coefficient (Wildman–Crippen LogP) is 3.77. The van der Waals surface area contributed by atoms with Crippen LogP contribution in [0.2, 0.25) is 5.02 Å². The van der Waals surface area contributed by atoms with Gasteiger partial charge in [0.05, 0.1) is 26.7 Å². The van der Waals surface area contributed by atoms with Crippen LogP contribution in [0.15, 0.2) is 36.4 Å². The van der Waals surface area contributed by atoms with Crippen LogP contribution in [0.1, 0.15) is 22.3 Å². The van der Waals surface area contributed by atoms with Gasteiger partial charge in [-0.3, -0.25) is 4.79 Å². The number of hydrogen-bond acceptors (Lipinski definition) is 6. The van der Waals surface area contributed by atoms with Crippen molar-refractivity contribution < 1.29 is 23.8 Å². The van der Waals surface area contributed by atoms with Crippen LogP contribution in [-0.2, 0) is 9.53 Å². The lowest BCUT2D eigenvalue weighted by Crippen LogP contribution is -2.35. The Morgan fingerprint density at radius 3 is 2.55 bits per heavy atom. The molecule has 1 amide bonds. The minimum atomic E-state index is -0.537. The van der Waals surface area contributed by atoms with Crippen LogP contribution in [0.4, 0.5) is 5.69 Å². The molecule has 0 bridgehead atoms. The highest BCUT2D eigenvalue weighted by atomic mass is 35.5. The molecule has 0 saturated carbocycles. The Morgan fingerprint density at radius 2 is 1.93 bits per heavy atom. The molecule has 7 nitrogen and oxygen atoms in total. The van der Waals surface area contributed by atoms with Crippen LogP contribution < -0.4 is 14.4 Å². The van der Waals surface area contributed by atoms with Crippen molar-refractivity contribution in [1.29, 1.82) is 5.26 Å². The van der Waals surface area contributed by atoms with Gasteiger partial charge in [-0.05, 0) is 42.8 Å². The highest BCUT2D eigenvalue weighted by molar-refractivity contribution is 6.31. The van der Waals surface area contributed by atoms with E-state index in [4.69, 9.17) is 31.1 Å². The van der Waals surface area contributed by atoms with E-state index in [9.17, 15) is 9.59 Å². The molecule has 0 aliphatic heterocycles. The summed E-state index contributed by atoms with van der Waals surface area (Å²) in [6, 6.07) is 11.8. The lowest BCUT2D eigenvalue weighted by atomic mass is 10.2. The molecule has 0 N–H and O–H groups in total. The van der Waals surface area contributed by atoms with E-state index >= 15 is 0 Å². The molecule has 0 unspecified atom stereocenters. The second-order valence-electron chi connectivity index (χ2n) is 6.03. The molecule has 0 radical (unpaired) electrons. The van der Waals surface area contributed by atoms with Crippen LogP contribution in [0, 0.1) is 18.3 Å². The predicted molar refractivity (Wildman–Crippen MR) is 109 cm³/mol. The summed E-state index contributed by atoms with van der Waals surface area (Å²) in [5, 5.41) is 9.50. The van der Waals surface area contributed by atoms with Crippen molar-refractivity contribution in [3.05, 3.63) is 52.5 Å². The van der Waals surface area contributed by atoms with E-state index in [1.807, 2.05) is 13.0 Å². The minimum absolute atomic E-state index is 0.176. The zero-order chi connectivity index (χ0) is 21.4. The number of rotatable bonds is 8. The number of anilines is 1. The number of nitriles is 1. The second-order valence-corrected chi connectivity index (χ2v) is 6.44. The molecule has 29 heavy (non-hydrogen) atoms. The number of carbonyl (C=O) groups excluding carboxylic acids is 2. The molecule has 0 aliphatic carbocycles. The van der Waals surface area contributed by atoms with E-state index in [2.05, 4.69) is 0 Å². The Labute approximate surface area is 174 Å². The maximum Gasteiger partial charge on any atom is 0.341 e. The van der Waals surface area contributed by atoms with Gasteiger partial charge in [0.1, 0.15) is 17.1 Å². The molecule has 8 heteroatoms. The minimum Gasteiger partial charge on any atom is -0.496 e. The summed E-state index contributed by atoms with van der Waals surface area (Å²) in [4.78, 5) is 26.0. The Morgan fingerprint density at radius 1 is 1.17 bits per heavy atom. The topological polar surface area (TPSA) is 88.9 Å². The van der Waals surface area contributed by atoms with E-state index in [-0.39, 0.29) is 36.8 Å². The summed E-state index contributed by atoms with van der Waals surface area (Å²) >= 11 is 6.06. The van der Waals surface area contributed by atoms with Gasteiger partial charge in [-0.2, -0.15) is 5.26 Å². The highest BCUT2D eigenvalue weighted by Crippen LogP contribution is 2.26. The van der Waals surface area contributed by atoms with Gasteiger partial charge in [0.15, 0.2) is 6.61 Å². The van der Waals surface area contributed by atoms with Gasteiger partial charge in [0.2, 0.25) is 0 Å². The molecule has 0 atom stereocenters. The Hall–Kier alpha value is -3.24. The average Bonchev–Trinajstić information content (AvgIpc) is 2.74. The molecular formula is C21H21ClN2O5. The maximum atomic E-state index is 12.7. The smallest absolute Gasteiger partial charge is 0.341 e. The molecule has 0 aliphatic rings. The van der Waals surface area contributed by atoms with Crippen molar-refractivity contribution in [1.82, 2.24) is 0 Å². The third-order valence-corrected chi connectivity index (χ3v) is 4.57. The lowest BCUT2D eigenvalue weighted by Gasteiger charge is -2.22. The number of amides is 1. The number of carbonyl (C=O) groups is 2. The maximum absolute atomic E-state index is 12.7. The monoisotopic (exact) mass is 416 g/mol. The molecule has 2 aromatic carbocycles. The normalized spacial score (nSPS) is 10.0. The first-order valence-electron chi connectivity index (χ1n) is 8.73. The van der Waals surface area contributed by atoms with Gasteiger partial charge < -0.3 is 19.1 Å². The van der Waals surface area contributed by atoms with Crippen LogP contribution in [0.25, 0.3) is 0 Å². The summed E-state index contributed by atoms with van der Waals surface area (Å²) in [7, 11) is 2.70. The molecule has 0 heterocycles. The number of benzene rings is 2. The molecule has 0 saturated heterocycles. The number of halogens is 1. The fourth-order valence-corrected chi connectivity index (χ4v) is 2.74. The van der Waals surface area contributed by atoms with Crippen LogP contribution >= 0.6 is 11.6 Å². The molecular weight excluding hydrogens is 396 g/mol. The Bertz CT molecular complexity index is 939. The Balaban J connectivity index is 2.16. The number of esters is 1. The number of aryl methyl sites for hydroxylation is 1. The van der Waals surface area contributed by atoms with Crippen LogP contribution in [-0.4, -0.2) is 39.2 Å². The number of methoxy groups -OCH3 is 2. The number of nitrogens with zero attached hydrogens (tertiary/aromatic N) is 2. The number of hydrogen-bond donors (Lipinski definition) is 0. The lowest BCUT2D eigenvalue weighted by molar-refractivity contribution is -0.120. The van der Waals surface area contributed by atoms with Gasteiger partial charge in [0.25, 0.3) is 5.91 Å². The van der Waals surface area contributed by atoms with Crippen molar-refractivity contribution in [2.75, 3.05) is 32.3 Å². The second kappa shape index (κ2) is 10.3. The van der Waals surface area contributed by atoms with Gasteiger partial charge >= 0.3 is 5.97 Å². The van der Waals surface area contributed by atoms with Crippen molar-refractivity contribution in [3.63, 3.8) is 0 Å². The summed E-state index contributed by atoms with van der Waals surface area (Å²) in [6.45, 7) is 1.81. The van der Waals surface area contributed by atoms with E-state index in [0.717, 1.165) is 5.56 Å². The molecule has 152 valence electrons. The number of ether oxygens (including phenoxy) is 3. The summed E-state index contributed by atoms with van der Waals surface area (Å²) < 4.78 is 15.5. The van der Waals surface area contributed by atoms with Crippen molar-refractivity contribution in [2.24, 2.45) is 0 Å². The van der Waals surface area contributed by atoms with E-state index in [1.54, 1.807) is 24.3 Å². The van der Waals surface area contributed by atoms with Crippen molar-refractivity contribution >= 4 is 29.2 Å². The molecule has 0 aromatic heterocycles. The summed E-state index contributed by atoms with van der Waals surface area (Å²) in [5.74, 6) is -0.227. The van der Waals surface area contributed by atoms with Crippen molar-refractivity contribution in [3.8, 4) is 17.6 Å². The zero-order valence-corrected chi connectivity index (χ0v) is 17.2. The van der Waals surface area contributed by atoms with Crippen molar-refractivity contribution in [2.45, 2.75) is 13.3 Å². The average molecular weight is 417 g/mol. The summed E-state index contributed by atoms with van der Waals surface area (Å²) in [5.41, 5.74) is 1.71. The molecule has 0 fully saturated rings. The fourth-order valence-electron chi connectivity index (χ4n) is 2.62. The van der Waals surface area contributed by atoms with Gasteiger partial charge in [-0.15, -0.1) is 0 Å². The van der Waals surface area contributed by atoms with Crippen LogP contribution in [0.5, 0.6) is 11.5 Å². The van der Waals surface area contributed by atoms with Gasteiger partial charge in [0, 0.05) is 23.3 Å². The fraction of sp³-hybridized carbons (Fsp3) is 0.286. The van der Waals surface area contributed by atoms with Gasteiger partial charge in [-0.1, -0.05) is 11.6 Å². The quantitative estimate of drug-likeness (QED) is 0.608. The van der Waals surface area contributed by atoms with Gasteiger partial charge in [-0.25, -0.2) is 4.79 Å². The standard InChI is InChI=1S/C21H21ClN2O5/c1-14-11-15(5-8-18(14)22)24(10-4-9-23)20(25)13-29-16-6-7-17(21(26)28-3)19(12-16)27-2/h5-8,11-12H,4,10,13H2,1-3H3. The van der Waals surface area contributed by atoms with E-state index < -0.39 is 5.97 Å². The molecule has 2 aromatic rings. The Kier molecular flexibility index (Phi) is 7.87. The first-order chi connectivity index (χ1) is 13.9. The highest BCUT2D eigenvalue weighted by Gasteiger charge is 2.18. The SMILES string of the molecule is COC(=O)c1ccc(OCC(=O)N(CCC#N)c2ccc(Cl)c(C)c2)cc1OC. The van der Waals surface area contributed by atoms with Crippen LogP contribution in [0.3, 0.4) is 0 Å². The third kappa shape index (κ3) is 5.62. The molecule has 0 spiro atoms. The first-order valence-corrected chi connectivity index (χ1v) is 9.11.